The Kier molecular flexibility index (Phi) is 8.94. The van der Waals surface area contributed by atoms with Gasteiger partial charge in [-0.1, -0.05) is 73.8 Å². The van der Waals surface area contributed by atoms with Crippen LogP contribution in [-0.2, 0) is 24.5 Å². The number of aryl methyl sites for hydroxylation is 2. The molecule has 5 aromatic carbocycles. The summed E-state index contributed by atoms with van der Waals surface area (Å²) in [6.45, 7) is 11.9. The Bertz CT molecular complexity index is 1900. The van der Waals surface area contributed by atoms with Crippen LogP contribution >= 0.6 is 0 Å². The Balaban J connectivity index is 1.46. The summed E-state index contributed by atoms with van der Waals surface area (Å²) in [6, 6.07) is 34.1. The highest BCUT2D eigenvalue weighted by Gasteiger charge is 2.46. The van der Waals surface area contributed by atoms with Crippen molar-refractivity contribution in [3.05, 3.63) is 156 Å². The van der Waals surface area contributed by atoms with Gasteiger partial charge in [-0.25, -0.2) is 9.59 Å². The molecule has 1 aliphatic carbocycles. The number of rotatable bonds is 12. The van der Waals surface area contributed by atoms with Crippen molar-refractivity contribution in [3.8, 4) is 22.6 Å². The van der Waals surface area contributed by atoms with Gasteiger partial charge in [0.15, 0.2) is 0 Å². The molecule has 0 unspecified atom stereocenters. The van der Waals surface area contributed by atoms with Gasteiger partial charge in [0.1, 0.15) is 37.9 Å². The second kappa shape index (κ2) is 13.4. The van der Waals surface area contributed by atoms with Crippen LogP contribution in [0.2, 0.25) is 0 Å². The zero-order chi connectivity index (χ0) is 33.0. The van der Waals surface area contributed by atoms with Crippen LogP contribution in [0, 0.1) is 13.8 Å². The molecule has 6 heteroatoms. The molecule has 6 rings (SSSR count). The molecule has 1 aliphatic rings. The van der Waals surface area contributed by atoms with Crippen molar-refractivity contribution < 1.29 is 28.5 Å². The monoisotopic (exact) mass is 624 g/mol. The van der Waals surface area contributed by atoms with Crippen molar-refractivity contribution in [2.75, 3.05) is 26.4 Å². The fourth-order valence-electron chi connectivity index (χ4n) is 6.38. The summed E-state index contributed by atoms with van der Waals surface area (Å²) >= 11 is 0. The van der Waals surface area contributed by atoms with E-state index in [0.29, 0.717) is 11.5 Å². The maximum absolute atomic E-state index is 11.4. The maximum Gasteiger partial charge on any atom is 0.330 e. The van der Waals surface area contributed by atoms with Gasteiger partial charge in [-0.15, -0.1) is 0 Å². The number of carbonyl (C=O) groups is 2. The molecule has 0 aromatic heterocycles. The van der Waals surface area contributed by atoms with Crippen LogP contribution < -0.4 is 9.47 Å². The summed E-state index contributed by atoms with van der Waals surface area (Å²) in [6.07, 6.45) is 2.27. The van der Waals surface area contributed by atoms with Gasteiger partial charge in [-0.3, -0.25) is 0 Å². The van der Waals surface area contributed by atoms with E-state index in [4.69, 9.17) is 18.9 Å². The van der Waals surface area contributed by atoms with Gasteiger partial charge in [0.25, 0.3) is 0 Å². The number of fused-ring (bicyclic) bond motifs is 4. The Labute approximate surface area is 274 Å². The first kappa shape index (κ1) is 31.4. The fraction of sp³-hybridized carbons (Fsp3) is 0.171. The lowest BCUT2D eigenvalue weighted by Gasteiger charge is -2.34. The molecule has 0 fully saturated rings. The molecule has 236 valence electrons. The van der Waals surface area contributed by atoms with Crippen LogP contribution in [0.3, 0.4) is 0 Å². The number of hydrogen-bond acceptors (Lipinski definition) is 6. The lowest BCUT2D eigenvalue weighted by atomic mass is 9.67. The first-order chi connectivity index (χ1) is 22.8. The van der Waals surface area contributed by atoms with Crippen molar-refractivity contribution in [1.29, 1.82) is 0 Å². The van der Waals surface area contributed by atoms with Crippen molar-refractivity contribution in [3.63, 3.8) is 0 Å². The maximum atomic E-state index is 11.4. The van der Waals surface area contributed by atoms with Crippen LogP contribution in [-0.4, -0.2) is 38.4 Å². The minimum Gasteiger partial charge on any atom is -0.490 e. The third-order valence-corrected chi connectivity index (χ3v) is 8.72. The second-order valence-electron chi connectivity index (χ2n) is 11.5. The number of benzene rings is 5. The van der Waals surface area contributed by atoms with Crippen molar-refractivity contribution >= 4 is 22.7 Å². The molecule has 0 heterocycles. The summed E-state index contributed by atoms with van der Waals surface area (Å²) < 4.78 is 21.9. The van der Waals surface area contributed by atoms with Crippen molar-refractivity contribution in [2.24, 2.45) is 0 Å². The Morgan fingerprint density at radius 1 is 0.596 bits per heavy atom. The minimum atomic E-state index is -0.636. The lowest BCUT2D eigenvalue weighted by Crippen LogP contribution is -2.28. The molecule has 0 atom stereocenters. The zero-order valence-corrected chi connectivity index (χ0v) is 26.6. The predicted molar refractivity (Wildman–Crippen MR) is 184 cm³/mol. The Morgan fingerprint density at radius 2 is 1.04 bits per heavy atom. The van der Waals surface area contributed by atoms with E-state index in [9.17, 15) is 9.59 Å². The molecule has 0 N–H and O–H groups in total. The van der Waals surface area contributed by atoms with Gasteiger partial charge < -0.3 is 18.9 Å². The SMILES string of the molecule is C=CC(=O)OCCOc1ccc(C2(c3ccc(OCCOC(=O)C=C)cc3)c3cc(C)c(C)cc3-c3cc4ccccc4cc32)cc1. The van der Waals surface area contributed by atoms with E-state index in [2.05, 4.69) is 99.8 Å². The Hall–Kier alpha value is -5.62. The highest BCUT2D eigenvalue weighted by molar-refractivity contribution is 5.96. The molecule has 0 radical (unpaired) electrons. The van der Waals surface area contributed by atoms with Gasteiger partial charge in [0.2, 0.25) is 0 Å². The zero-order valence-electron chi connectivity index (χ0n) is 26.6. The van der Waals surface area contributed by atoms with E-state index in [-0.39, 0.29) is 26.4 Å². The first-order valence-electron chi connectivity index (χ1n) is 15.6. The summed E-state index contributed by atoms with van der Waals surface area (Å²) in [5.74, 6) is 0.401. The van der Waals surface area contributed by atoms with E-state index in [1.54, 1.807) is 0 Å². The van der Waals surface area contributed by atoms with E-state index in [1.807, 2.05) is 24.3 Å². The molecular formula is C41H36O6. The largest absolute Gasteiger partial charge is 0.490 e. The van der Waals surface area contributed by atoms with Crippen LogP contribution in [0.1, 0.15) is 33.4 Å². The lowest BCUT2D eigenvalue weighted by molar-refractivity contribution is -0.139. The number of hydrogen-bond donors (Lipinski definition) is 0. The van der Waals surface area contributed by atoms with E-state index >= 15 is 0 Å². The summed E-state index contributed by atoms with van der Waals surface area (Å²) in [5, 5.41) is 2.35. The minimum absolute atomic E-state index is 0.133. The molecule has 0 amide bonds. The van der Waals surface area contributed by atoms with Gasteiger partial charge >= 0.3 is 11.9 Å². The Morgan fingerprint density at radius 3 is 1.55 bits per heavy atom. The molecular weight excluding hydrogens is 588 g/mol. The topological polar surface area (TPSA) is 71.1 Å². The average Bonchev–Trinajstić information content (AvgIpc) is 3.36. The van der Waals surface area contributed by atoms with Crippen molar-refractivity contribution in [1.82, 2.24) is 0 Å². The number of ether oxygens (including phenoxy) is 4. The smallest absolute Gasteiger partial charge is 0.330 e. The van der Waals surface area contributed by atoms with Crippen LogP contribution in [0.15, 0.2) is 122 Å². The quantitative estimate of drug-likeness (QED) is 0.0780. The summed E-state index contributed by atoms with van der Waals surface area (Å²) in [4.78, 5) is 22.8. The third kappa shape index (κ3) is 6.02. The molecule has 0 aliphatic heterocycles. The number of carbonyl (C=O) groups excluding carboxylic acids is 2. The molecule has 47 heavy (non-hydrogen) atoms. The fourth-order valence-corrected chi connectivity index (χ4v) is 6.38. The summed E-state index contributed by atoms with van der Waals surface area (Å²) in [5.41, 5.74) is 8.82. The van der Waals surface area contributed by atoms with Crippen LogP contribution in [0.25, 0.3) is 21.9 Å². The highest BCUT2D eigenvalue weighted by atomic mass is 16.6. The predicted octanol–water partition coefficient (Wildman–Crippen LogP) is 8.04. The highest BCUT2D eigenvalue weighted by Crippen LogP contribution is 2.57. The van der Waals surface area contributed by atoms with E-state index in [1.165, 1.54) is 44.2 Å². The summed E-state index contributed by atoms with van der Waals surface area (Å²) in [7, 11) is 0. The molecule has 0 bridgehead atoms. The van der Waals surface area contributed by atoms with Gasteiger partial charge in [0.05, 0.1) is 5.41 Å². The van der Waals surface area contributed by atoms with E-state index in [0.717, 1.165) is 23.3 Å². The van der Waals surface area contributed by atoms with Gasteiger partial charge in [-0.05, 0) is 106 Å². The van der Waals surface area contributed by atoms with Crippen molar-refractivity contribution in [2.45, 2.75) is 19.3 Å². The first-order valence-corrected chi connectivity index (χ1v) is 15.6. The molecule has 0 saturated heterocycles. The van der Waals surface area contributed by atoms with Gasteiger partial charge in [-0.2, -0.15) is 0 Å². The molecule has 0 saturated carbocycles. The second-order valence-corrected chi connectivity index (χ2v) is 11.5. The molecule has 5 aromatic rings. The molecule has 0 spiro atoms. The average molecular weight is 625 g/mol. The van der Waals surface area contributed by atoms with Crippen LogP contribution in [0.5, 0.6) is 11.5 Å². The standard InChI is InChI=1S/C41H36O6/c1-5-39(42)46-21-19-44-33-15-11-31(12-16-33)41(32-13-17-34(18-14-32)45-20-22-47-40(43)6-2)37-24-28(4)27(3)23-35(37)36-25-29-9-7-8-10-30(29)26-38(36)41/h5-18,23-26H,1-2,19-22H2,3-4H3. The normalized spacial score (nSPS) is 12.5. The number of esters is 2. The van der Waals surface area contributed by atoms with Gasteiger partial charge in [0, 0.05) is 12.2 Å². The third-order valence-electron chi connectivity index (χ3n) is 8.72. The van der Waals surface area contributed by atoms with E-state index < -0.39 is 17.4 Å². The van der Waals surface area contributed by atoms with Crippen LogP contribution in [0.4, 0.5) is 0 Å². The molecule has 6 nitrogen and oxygen atoms in total.